The zero-order valence-corrected chi connectivity index (χ0v) is 14.0. The largest absolute Gasteiger partial charge is 0.352 e. The first-order valence-electron chi connectivity index (χ1n) is 8.36. The minimum absolute atomic E-state index is 0.00523. The summed E-state index contributed by atoms with van der Waals surface area (Å²) in [7, 11) is 0. The van der Waals surface area contributed by atoms with Gasteiger partial charge in [0.25, 0.3) is 0 Å². The van der Waals surface area contributed by atoms with E-state index in [1.165, 1.54) is 0 Å². The van der Waals surface area contributed by atoms with Gasteiger partial charge in [-0.1, -0.05) is 37.3 Å². The van der Waals surface area contributed by atoms with Crippen molar-refractivity contribution in [3.63, 3.8) is 0 Å². The van der Waals surface area contributed by atoms with Crippen molar-refractivity contribution >= 4 is 11.8 Å². The fourth-order valence-electron chi connectivity index (χ4n) is 2.85. The van der Waals surface area contributed by atoms with Gasteiger partial charge in [0.05, 0.1) is 0 Å². The van der Waals surface area contributed by atoms with Crippen molar-refractivity contribution in [1.29, 1.82) is 0 Å². The molecule has 2 N–H and O–H groups in total. The predicted molar refractivity (Wildman–Crippen MR) is 90.7 cm³/mol. The maximum atomic E-state index is 12.2. The smallest absolute Gasteiger partial charge is 0.222 e. The van der Waals surface area contributed by atoms with Gasteiger partial charge in [0.2, 0.25) is 11.8 Å². The number of hydrogen-bond acceptors (Lipinski definition) is 3. The van der Waals surface area contributed by atoms with Gasteiger partial charge in [0.15, 0.2) is 0 Å². The minimum Gasteiger partial charge on any atom is -0.352 e. The number of nitrogens with one attached hydrogen (secondary N) is 2. The lowest BCUT2D eigenvalue weighted by Gasteiger charge is -2.30. The van der Waals surface area contributed by atoms with E-state index in [-0.39, 0.29) is 17.9 Å². The van der Waals surface area contributed by atoms with E-state index in [2.05, 4.69) is 17.6 Å². The molecule has 0 saturated carbocycles. The summed E-state index contributed by atoms with van der Waals surface area (Å²) in [6.07, 6.45) is 1.42. The number of rotatable bonds is 6. The van der Waals surface area contributed by atoms with E-state index in [4.69, 9.17) is 0 Å². The lowest BCUT2D eigenvalue weighted by molar-refractivity contribution is -0.130. The van der Waals surface area contributed by atoms with Gasteiger partial charge < -0.3 is 15.5 Å². The molecular weight excluding hydrogens is 290 g/mol. The molecule has 2 rings (SSSR count). The van der Waals surface area contributed by atoms with Crippen LogP contribution in [0, 0.1) is 5.92 Å². The van der Waals surface area contributed by atoms with Crippen LogP contribution >= 0.6 is 0 Å². The lowest BCUT2D eigenvalue weighted by atomic mass is 9.95. The summed E-state index contributed by atoms with van der Waals surface area (Å²) in [6.45, 7) is 6.56. The monoisotopic (exact) mass is 317 g/mol. The van der Waals surface area contributed by atoms with Crippen LogP contribution in [0.15, 0.2) is 30.3 Å². The van der Waals surface area contributed by atoms with E-state index in [1.54, 1.807) is 11.8 Å². The van der Waals surface area contributed by atoms with Crippen LogP contribution < -0.4 is 10.6 Å². The van der Waals surface area contributed by atoms with Crippen molar-refractivity contribution in [1.82, 2.24) is 15.5 Å². The zero-order chi connectivity index (χ0) is 16.7. The fraction of sp³-hybridized carbons (Fsp3) is 0.556. The molecule has 2 amide bonds. The summed E-state index contributed by atoms with van der Waals surface area (Å²) >= 11 is 0. The Labute approximate surface area is 138 Å². The van der Waals surface area contributed by atoms with Gasteiger partial charge in [0.1, 0.15) is 0 Å². The van der Waals surface area contributed by atoms with Crippen molar-refractivity contribution in [3.8, 4) is 0 Å². The Hall–Kier alpha value is -1.88. The number of carbonyl (C=O) groups excluding carboxylic acids is 2. The standard InChI is InChI=1S/C18H27N3O2/c1-14-8-10-19-12-17(14)20-18(23)9-11-21(15(2)22)13-16-6-4-3-5-7-16/h3-7,14,17,19H,8-13H2,1-2H3,(H,20,23). The van der Waals surface area contributed by atoms with Crippen LogP contribution in [0.4, 0.5) is 0 Å². The van der Waals surface area contributed by atoms with Crippen molar-refractivity contribution in [3.05, 3.63) is 35.9 Å². The summed E-state index contributed by atoms with van der Waals surface area (Å²) in [4.78, 5) is 25.7. The number of hydrogen-bond donors (Lipinski definition) is 2. The maximum Gasteiger partial charge on any atom is 0.222 e. The molecule has 0 radical (unpaired) electrons. The molecule has 5 nitrogen and oxygen atoms in total. The highest BCUT2D eigenvalue weighted by Crippen LogP contribution is 2.11. The van der Waals surface area contributed by atoms with Crippen molar-refractivity contribution < 1.29 is 9.59 Å². The SMILES string of the molecule is CC(=O)N(CCC(=O)NC1CNCCC1C)Cc1ccccc1. The third kappa shape index (κ3) is 5.67. The summed E-state index contributed by atoms with van der Waals surface area (Å²) in [6, 6.07) is 10.0. The molecule has 23 heavy (non-hydrogen) atoms. The summed E-state index contributed by atoms with van der Waals surface area (Å²) < 4.78 is 0. The van der Waals surface area contributed by atoms with Crippen LogP contribution in [-0.4, -0.2) is 42.4 Å². The van der Waals surface area contributed by atoms with Crippen LogP contribution in [0.5, 0.6) is 0 Å². The molecule has 0 spiro atoms. The topological polar surface area (TPSA) is 61.4 Å². The van der Waals surface area contributed by atoms with Crippen LogP contribution in [0.1, 0.15) is 32.3 Å². The average molecular weight is 317 g/mol. The number of amides is 2. The number of benzene rings is 1. The molecule has 1 heterocycles. The number of nitrogens with zero attached hydrogens (tertiary/aromatic N) is 1. The van der Waals surface area contributed by atoms with Gasteiger partial charge in [-0.3, -0.25) is 9.59 Å². The fourth-order valence-corrected chi connectivity index (χ4v) is 2.85. The molecule has 0 aliphatic carbocycles. The van der Waals surface area contributed by atoms with Crippen molar-refractivity contribution in [2.75, 3.05) is 19.6 Å². The first kappa shape index (κ1) is 17.5. The van der Waals surface area contributed by atoms with Gasteiger partial charge in [-0.05, 0) is 24.4 Å². The Balaban J connectivity index is 1.81. The Kier molecular flexibility index (Phi) is 6.59. The van der Waals surface area contributed by atoms with Crippen molar-refractivity contribution in [2.45, 2.75) is 39.3 Å². The number of carbonyl (C=O) groups is 2. The van der Waals surface area contributed by atoms with Gasteiger partial charge >= 0.3 is 0 Å². The molecule has 5 heteroatoms. The highest BCUT2D eigenvalue weighted by atomic mass is 16.2. The van der Waals surface area contributed by atoms with E-state index >= 15 is 0 Å². The van der Waals surface area contributed by atoms with E-state index in [0.29, 0.717) is 25.4 Å². The third-order valence-electron chi connectivity index (χ3n) is 4.44. The van der Waals surface area contributed by atoms with E-state index in [1.807, 2.05) is 30.3 Å². The summed E-state index contributed by atoms with van der Waals surface area (Å²) in [5.74, 6) is 0.507. The first-order valence-corrected chi connectivity index (χ1v) is 8.36. The van der Waals surface area contributed by atoms with Crippen molar-refractivity contribution in [2.24, 2.45) is 5.92 Å². The minimum atomic E-state index is -0.00523. The molecule has 1 fully saturated rings. The molecule has 1 saturated heterocycles. The van der Waals surface area contributed by atoms with Crippen LogP contribution in [0.3, 0.4) is 0 Å². The highest BCUT2D eigenvalue weighted by Gasteiger charge is 2.22. The van der Waals surface area contributed by atoms with Gasteiger partial charge in [-0.15, -0.1) is 0 Å². The lowest BCUT2D eigenvalue weighted by Crippen LogP contribution is -2.50. The molecule has 1 aliphatic rings. The van der Waals surface area contributed by atoms with E-state index in [9.17, 15) is 9.59 Å². The highest BCUT2D eigenvalue weighted by molar-refractivity contribution is 5.78. The molecule has 2 unspecified atom stereocenters. The Bertz CT molecular complexity index is 518. The Morgan fingerprint density at radius 2 is 2.04 bits per heavy atom. The van der Waals surface area contributed by atoms with Crippen LogP contribution in [0.2, 0.25) is 0 Å². The quantitative estimate of drug-likeness (QED) is 0.837. The predicted octanol–water partition coefficient (Wildman–Crippen LogP) is 1.54. The van der Waals surface area contributed by atoms with Gasteiger partial charge in [-0.25, -0.2) is 0 Å². The molecular formula is C18H27N3O2. The Morgan fingerprint density at radius 1 is 1.30 bits per heavy atom. The average Bonchev–Trinajstić information content (AvgIpc) is 2.54. The Morgan fingerprint density at radius 3 is 2.70 bits per heavy atom. The summed E-state index contributed by atoms with van der Waals surface area (Å²) in [5.41, 5.74) is 1.08. The second-order valence-corrected chi connectivity index (χ2v) is 6.32. The summed E-state index contributed by atoms with van der Waals surface area (Å²) in [5, 5.41) is 6.39. The molecule has 0 bridgehead atoms. The molecule has 1 aliphatic heterocycles. The normalized spacial score (nSPS) is 20.8. The van der Waals surface area contributed by atoms with Crippen LogP contribution in [0.25, 0.3) is 0 Å². The second kappa shape index (κ2) is 8.67. The maximum absolute atomic E-state index is 12.2. The van der Waals surface area contributed by atoms with Gasteiger partial charge in [0, 0.05) is 39.0 Å². The van der Waals surface area contributed by atoms with Crippen LogP contribution in [-0.2, 0) is 16.1 Å². The zero-order valence-electron chi connectivity index (χ0n) is 14.0. The molecule has 2 atom stereocenters. The van der Waals surface area contributed by atoms with Gasteiger partial charge in [-0.2, -0.15) is 0 Å². The molecule has 0 aromatic heterocycles. The first-order chi connectivity index (χ1) is 11.1. The number of piperidine rings is 1. The second-order valence-electron chi connectivity index (χ2n) is 6.32. The van der Waals surface area contributed by atoms with E-state index in [0.717, 1.165) is 25.1 Å². The molecule has 126 valence electrons. The van der Waals surface area contributed by atoms with E-state index < -0.39 is 0 Å². The molecule has 1 aromatic carbocycles. The molecule has 1 aromatic rings. The third-order valence-corrected chi connectivity index (χ3v) is 4.44.